The van der Waals surface area contributed by atoms with Crippen LogP contribution in [0.3, 0.4) is 0 Å². The summed E-state index contributed by atoms with van der Waals surface area (Å²) in [7, 11) is 0. The SMILES string of the molecule is CSCCC(NC(=O)C(Cc1ccccc1)NC(=O)C(N)Cc1ccc(O)cc1)C(=O)NC(CCCN=C(N)N)C(=O)NC(Cc1ccccc1)C(=O)O. The number of aliphatic carboxylic acids is 1. The van der Waals surface area contributed by atoms with Crippen LogP contribution in [0.15, 0.2) is 89.9 Å². The minimum atomic E-state index is -1.29. The number of carbonyl (C=O) groups excluding carboxylic acids is 4. The lowest BCUT2D eigenvalue weighted by molar-refractivity contribution is -0.142. The van der Waals surface area contributed by atoms with Gasteiger partial charge in [-0.25, -0.2) is 4.79 Å². The molecule has 4 amide bonds. The number of carbonyl (C=O) groups is 5. The Balaban J connectivity index is 1.80. The van der Waals surface area contributed by atoms with Gasteiger partial charge in [0, 0.05) is 19.4 Å². The van der Waals surface area contributed by atoms with Gasteiger partial charge in [-0.2, -0.15) is 11.8 Å². The van der Waals surface area contributed by atoms with E-state index in [0.29, 0.717) is 16.9 Å². The van der Waals surface area contributed by atoms with E-state index in [1.54, 1.807) is 66.7 Å². The molecule has 0 aliphatic heterocycles. The molecule has 16 heteroatoms. The second-order valence-electron chi connectivity index (χ2n) is 12.7. The Morgan fingerprint density at radius 1 is 0.648 bits per heavy atom. The van der Waals surface area contributed by atoms with E-state index in [9.17, 15) is 34.2 Å². The van der Waals surface area contributed by atoms with E-state index >= 15 is 0 Å². The lowest BCUT2D eigenvalue weighted by Crippen LogP contribution is -2.59. The molecule has 290 valence electrons. The fourth-order valence-corrected chi connectivity index (χ4v) is 5.93. The highest BCUT2D eigenvalue weighted by molar-refractivity contribution is 7.98. The van der Waals surface area contributed by atoms with Gasteiger partial charge >= 0.3 is 5.97 Å². The Morgan fingerprint density at radius 2 is 1.11 bits per heavy atom. The minimum Gasteiger partial charge on any atom is -0.508 e. The molecule has 5 atom stereocenters. The summed E-state index contributed by atoms with van der Waals surface area (Å²) in [6.45, 7) is 0.150. The number of phenolic OH excluding ortho intramolecular Hbond substituents is 1. The number of amides is 4. The summed E-state index contributed by atoms with van der Waals surface area (Å²) in [5.41, 5.74) is 19.3. The molecule has 0 heterocycles. The zero-order valence-electron chi connectivity index (χ0n) is 30.1. The third-order valence-electron chi connectivity index (χ3n) is 8.36. The number of carboxylic acid groups (broad SMARTS) is 1. The summed E-state index contributed by atoms with van der Waals surface area (Å²) < 4.78 is 0. The number of nitrogens with one attached hydrogen (secondary N) is 4. The number of phenols is 1. The Bertz CT molecular complexity index is 1690. The van der Waals surface area contributed by atoms with E-state index in [4.69, 9.17) is 17.2 Å². The van der Waals surface area contributed by atoms with Crippen molar-refractivity contribution in [3.8, 4) is 5.75 Å². The predicted octanol–water partition coefficient (Wildman–Crippen LogP) is 0.578. The van der Waals surface area contributed by atoms with Crippen molar-refractivity contribution in [2.45, 2.75) is 68.7 Å². The van der Waals surface area contributed by atoms with Crippen molar-refractivity contribution in [1.29, 1.82) is 0 Å². The molecule has 0 aromatic heterocycles. The Kier molecular flexibility index (Phi) is 17.8. The highest BCUT2D eigenvalue weighted by Gasteiger charge is 2.32. The van der Waals surface area contributed by atoms with E-state index < -0.39 is 59.8 Å². The quantitative estimate of drug-likeness (QED) is 0.0388. The maximum atomic E-state index is 13.9. The molecule has 0 aliphatic carbocycles. The molecule has 5 unspecified atom stereocenters. The number of hydrogen-bond donors (Lipinski definition) is 9. The Morgan fingerprint density at radius 3 is 1.63 bits per heavy atom. The zero-order valence-corrected chi connectivity index (χ0v) is 31.0. The number of carboxylic acids is 1. The van der Waals surface area contributed by atoms with Gasteiger partial charge in [-0.3, -0.25) is 24.2 Å². The molecule has 0 saturated heterocycles. The number of nitrogens with two attached hydrogens (primary N) is 3. The number of nitrogens with zero attached hydrogens (tertiary/aromatic N) is 1. The molecule has 3 aromatic carbocycles. The molecule has 12 N–H and O–H groups in total. The van der Waals surface area contributed by atoms with Crippen LogP contribution >= 0.6 is 11.8 Å². The van der Waals surface area contributed by atoms with Crippen LogP contribution in [0, 0.1) is 0 Å². The van der Waals surface area contributed by atoms with Crippen LogP contribution < -0.4 is 38.5 Å². The van der Waals surface area contributed by atoms with E-state index in [-0.39, 0.29) is 56.8 Å². The van der Waals surface area contributed by atoms with Crippen LogP contribution in [0.5, 0.6) is 5.75 Å². The highest BCUT2D eigenvalue weighted by Crippen LogP contribution is 2.12. The maximum absolute atomic E-state index is 13.9. The molecule has 15 nitrogen and oxygen atoms in total. The summed E-state index contributed by atoms with van der Waals surface area (Å²) >= 11 is 1.44. The normalized spacial score (nSPS) is 13.6. The topological polar surface area (TPSA) is 264 Å². The summed E-state index contributed by atoms with van der Waals surface area (Å²) in [6, 6.07) is 18.3. The molecule has 0 saturated carbocycles. The highest BCUT2D eigenvalue weighted by atomic mass is 32.2. The number of guanidine groups is 1. The van der Waals surface area contributed by atoms with Crippen LogP contribution in [0.25, 0.3) is 0 Å². The van der Waals surface area contributed by atoms with E-state index in [0.717, 1.165) is 5.56 Å². The van der Waals surface area contributed by atoms with Crippen molar-refractivity contribution >= 4 is 47.3 Å². The van der Waals surface area contributed by atoms with E-state index in [2.05, 4.69) is 26.3 Å². The first-order valence-electron chi connectivity index (χ1n) is 17.5. The molecule has 0 bridgehead atoms. The monoisotopic (exact) mass is 762 g/mol. The lowest BCUT2D eigenvalue weighted by atomic mass is 10.0. The average Bonchev–Trinajstić information content (AvgIpc) is 3.15. The molecule has 0 fully saturated rings. The van der Waals surface area contributed by atoms with Crippen LogP contribution in [0.1, 0.15) is 36.0 Å². The van der Waals surface area contributed by atoms with Crippen molar-refractivity contribution < 1.29 is 34.2 Å². The van der Waals surface area contributed by atoms with Gasteiger partial charge in [0.1, 0.15) is 29.9 Å². The molecular weight excluding hydrogens is 713 g/mol. The fraction of sp³-hybridized carbons (Fsp3) is 0.368. The van der Waals surface area contributed by atoms with Crippen molar-refractivity contribution in [3.05, 3.63) is 102 Å². The Hall–Kier alpha value is -5.61. The molecule has 0 spiro atoms. The zero-order chi connectivity index (χ0) is 39.5. The largest absolute Gasteiger partial charge is 0.508 e. The Labute approximate surface area is 318 Å². The third-order valence-corrected chi connectivity index (χ3v) is 9.01. The lowest BCUT2D eigenvalue weighted by Gasteiger charge is -2.26. The number of aromatic hydroxyl groups is 1. The predicted molar refractivity (Wildman–Crippen MR) is 208 cm³/mol. The molecule has 0 aliphatic rings. The second-order valence-corrected chi connectivity index (χ2v) is 13.7. The summed E-state index contributed by atoms with van der Waals surface area (Å²) in [5, 5.41) is 30.2. The van der Waals surface area contributed by atoms with Gasteiger partial charge < -0.3 is 48.7 Å². The first kappa shape index (κ1) is 42.8. The van der Waals surface area contributed by atoms with Crippen LogP contribution in [-0.4, -0.2) is 94.5 Å². The maximum Gasteiger partial charge on any atom is 0.326 e. The first-order chi connectivity index (χ1) is 25.9. The summed E-state index contributed by atoms with van der Waals surface area (Å²) in [6.07, 6.45) is 2.59. The van der Waals surface area contributed by atoms with Crippen molar-refractivity contribution in [1.82, 2.24) is 21.3 Å². The first-order valence-corrected chi connectivity index (χ1v) is 18.9. The summed E-state index contributed by atoms with van der Waals surface area (Å²) in [4.78, 5) is 70.7. The van der Waals surface area contributed by atoms with Gasteiger partial charge in [-0.1, -0.05) is 72.8 Å². The standard InChI is InChI=1S/C38H50N8O7S/c1-54-20-18-30(35(50)43-29(13-8-19-42-38(40)41)34(49)46-32(37(52)53)23-25-11-6-3-7-12-25)44-36(51)31(22-24-9-4-2-5-10-24)45-33(48)28(39)21-26-14-16-27(47)17-15-26/h2-7,9-12,14-17,28-32,47H,8,13,18-23,39H2,1H3,(H,43,50)(H,44,51)(H,45,48)(H,46,49)(H,52,53)(H4,40,41,42). The second kappa shape index (κ2) is 22.5. The molecule has 3 rings (SSSR count). The average molecular weight is 763 g/mol. The van der Waals surface area contributed by atoms with Crippen molar-refractivity contribution in [2.24, 2.45) is 22.2 Å². The number of thioether (sulfide) groups is 1. The van der Waals surface area contributed by atoms with Crippen LogP contribution in [0.2, 0.25) is 0 Å². The molecular formula is C38H50N8O7S. The van der Waals surface area contributed by atoms with Crippen molar-refractivity contribution in [3.63, 3.8) is 0 Å². The van der Waals surface area contributed by atoms with Gasteiger partial charge in [-0.15, -0.1) is 0 Å². The van der Waals surface area contributed by atoms with Gasteiger partial charge in [0.2, 0.25) is 23.6 Å². The number of aliphatic imine (C=N–C) groups is 1. The van der Waals surface area contributed by atoms with Gasteiger partial charge in [0.05, 0.1) is 6.04 Å². The van der Waals surface area contributed by atoms with Crippen LogP contribution in [0.4, 0.5) is 0 Å². The molecule has 0 radical (unpaired) electrons. The van der Waals surface area contributed by atoms with Crippen molar-refractivity contribution in [2.75, 3.05) is 18.6 Å². The number of hydrogen-bond acceptors (Lipinski definition) is 9. The third kappa shape index (κ3) is 15.2. The minimum absolute atomic E-state index is 0.0100. The van der Waals surface area contributed by atoms with Gasteiger partial charge in [0.25, 0.3) is 0 Å². The van der Waals surface area contributed by atoms with E-state index in [1.807, 2.05) is 12.3 Å². The van der Waals surface area contributed by atoms with Gasteiger partial charge in [-0.05, 0) is 66.5 Å². The smallest absolute Gasteiger partial charge is 0.326 e. The molecule has 3 aromatic rings. The van der Waals surface area contributed by atoms with Gasteiger partial charge in [0.15, 0.2) is 5.96 Å². The van der Waals surface area contributed by atoms with Crippen LogP contribution in [-0.2, 0) is 43.2 Å². The fourth-order valence-electron chi connectivity index (χ4n) is 5.46. The molecule has 54 heavy (non-hydrogen) atoms. The van der Waals surface area contributed by atoms with E-state index in [1.165, 1.54) is 23.9 Å². The number of benzene rings is 3. The number of rotatable bonds is 22. The summed E-state index contributed by atoms with van der Waals surface area (Å²) in [5.74, 6) is -3.51.